The third-order valence-electron chi connectivity index (χ3n) is 20.6. The Morgan fingerprint density at radius 3 is 1.24 bits per heavy atom. The van der Waals surface area contributed by atoms with Crippen molar-refractivity contribution in [2.75, 3.05) is 0 Å². The van der Waals surface area contributed by atoms with Gasteiger partial charge in [0.15, 0.2) is 0 Å². The van der Waals surface area contributed by atoms with E-state index in [0.29, 0.717) is 0 Å². The van der Waals surface area contributed by atoms with Crippen LogP contribution in [0, 0.1) is 0 Å². The monoisotopic (exact) mass is 1260 g/mol. The fourth-order valence-corrected chi connectivity index (χ4v) is 15.4. The molecule has 2 aliphatic carbocycles. The first-order valence-electron chi connectivity index (χ1n) is 31.9. The molecule has 0 saturated carbocycles. The maximum Gasteiger partial charge on any atom is 0.494 e. The van der Waals surface area contributed by atoms with E-state index >= 15 is 0 Å². The lowest BCUT2D eigenvalue weighted by Crippen LogP contribution is -2.41. The van der Waals surface area contributed by atoms with Crippen molar-refractivity contribution in [2.24, 2.45) is 0 Å². The Kier molecular flexibility index (Phi) is 12.6. The van der Waals surface area contributed by atoms with Gasteiger partial charge in [0.1, 0.15) is 22.3 Å². The van der Waals surface area contributed by atoms with E-state index in [2.05, 4.69) is 323 Å². The summed E-state index contributed by atoms with van der Waals surface area (Å²) in [7, 11) is -0.381. The SMILES string of the molecule is Brc1ccc2c(c1)c1ccccc1n2-c1ccccc1.CC1(C)c2ccccc2-c2cc3c(cc21)oc1ccc(-c2ccc4c(c2)c2ccccc2n4-c2ccccc2)cc13.CC1(C)c2ccccc2-c2cc3c(cc21)oc1ccc(B2OC(C)(C)C(C)(C)O2)cc13. The van der Waals surface area contributed by atoms with Gasteiger partial charge in [-0.15, -0.1) is 0 Å². The number of fused-ring (bicyclic) bond motifs is 18. The van der Waals surface area contributed by atoms with Gasteiger partial charge in [-0.25, -0.2) is 0 Å². The average Bonchev–Trinajstić information content (AvgIpc) is 1.58. The molecule has 8 heteroatoms. The zero-order valence-electron chi connectivity index (χ0n) is 52.7. The summed E-state index contributed by atoms with van der Waals surface area (Å²) in [5.74, 6) is 0. The van der Waals surface area contributed by atoms with Gasteiger partial charge in [0, 0.05) is 69.8 Å². The fraction of sp³-hybridized carbons (Fsp3) is 0.143. The third-order valence-corrected chi connectivity index (χ3v) is 21.1. The highest BCUT2D eigenvalue weighted by Crippen LogP contribution is 2.53. The van der Waals surface area contributed by atoms with Crippen LogP contribution in [0.15, 0.2) is 268 Å². The molecule has 3 aliphatic rings. The number of para-hydroxylation sites is 4. The molecule has 6 nitrogen and oxygen atoms in total. The van der Waals surface area contributed by atoms with E-state index in [1.165, 1.54) is 116 Å². The van der Waals surface area contributed by atoms with Gasteiger partial charge in [0.2, 0.25) is 0 Å². The molecule has 4 aromatic heterocycles. The summed E-state index contributed by atoms with van der Waals surface area (Å²) in [6.45, 7) is 17.6. The van der Waals surface area contributed by atoms with Crippen molar-refractivity contribution in [3.63, 3.8) is 0 Å². The Labute approximate surface area is 543 Å². The molecule has 19 rings (SSSR count). The first-order chi connectivity index (χ1) is 44.5. The van der Waals surface area contributed by atoms with E-state index in [1.807, 2.05) is 12.1 Å². The van der Waals surface area contributed by atoms with Crippen molar-refractivity contribution in [2.45, 2.75) is 77.4 Å². The van der Waals surface area contributed by atoms with Crippen LogP contribution in [0.4, 0.5) is 0 Å². The molecular formula is C84H66BBrN2O4. The summed E-state index contributed by atoms with van der Waals surface area (Å²) in [6, 6.07) is 91.3. The van der Waals surface area contributed by atoms with E-state index in [0.717, 1.165) is 48.4 Å². The number of furan rings is 2. The second-order valence-electron chi connectivity index (χ2n) is 27.2. The van der Waals surface area contributed by atoms with Crippen molar-refractivity contribution in [3.8, 4) is 44.8 Å². The predicted molar refractivity (Wildman–Crippen MR) is 387 cm³/mol. The van der Waals surface area contributed by atoms with E-state index in [9.17, 15) is 0 Å². The van der Waals surface area contributed by atoms with Crippen molar-refractivity contribution >= 4 is 116 Å². The van der Waals surface area contributed by atoms with E-state index in [4.69, 9.17) is 18.1 Å². The van der Waals surface area contributed by atoms with Crippen LogP contribution in [-0.4, -0.2) is 27.5 Å². The van der Waals surface area contributed by atoms with E-state index in [-0.39, 0.29) is 29.2 Å². The zero-order valence-corrected chi connectivity index (χ0v) is 54.3. The molecule has 0 bridgehead atoms. The Morgan fingerprint density at radius 1 is 0.304 bits per heavy atom. The Balaban J connectivity index is 0.000000112. The molecule has 0 unspecified atom stereocenters. The highest BCUT2D eigenvalue weighted by Gasteiger charge is 2.52. The minimum atomic E-state index is -0.381. The molecule has 0 radical (unpaired) electrons. The minimum absolute atomic E-state index is 0.0348. The normalized spacial score (nSPS) is 15.5. The van der Waals surface area contributed by atoms with Crippen LogP contribution < -0.4 is 5.46 Å². The topological polar surface area (TPSA) is 54.6 Å². The number of aromatic nitrogens is 2. The van der Waals surface area contributed by atoms with Gasteiger partial charge in [-0.3, -0.25) is 0 Å². The molecule has 16 aromatic rings. The number of benzene rings is 12. The maximum absolute atomic E-state index is 6.44. The van der Waals surface area contributed by atoms with Crippen LogP contribution in [0.1, 0.15) is 77.6 Å². The summed E-state index contributed by atoms with van der Waals surface area (Å²) < 4.78 is 31.1. The maximum atomic E-state index is 6.44. The summed E-state index contributed by atoms with van der Waals surface area (Å²) in [4.78, 5) is 0. The number of nitrogens with zero attached hydrogens (tertiary/aromatic N) is 2. The van der Waals surface area contributed by atoms with E-state index < -0.39 is 0 Å². The van der Waals surface area contributed by atoms with Crippen molar-refractivity contribution in [1.82, 2.24) is 9.13 Å². The van der Waals surface area contributed by atoms with Gasteiger partial charge >= 0.3 is 7.12 Å². The second kappa shape index (κ2) is 20.7. The molecule has 0 amide bonds. The van der Waals surface area contributed by atoms with Crippen LogP contribution in [0.25, 0.3) is 132 Å². The molecule has 446 valence electrons. The average molecular weight is 1260 g/mol. The zero-order chi connectivity index (χ0) is 62.6. The van der Waals surface area contributed by atoms with Crippen molar-refractivity contribution in [1.29, 1.82) is 0 Å². The standard InChI is InChI=1S/C39H27NO.C27H27BO3.C18H12BrN/c1-39(2)33-14-8-6-12-27(33)29-22-32-31-21-25(17-19-37(31)41-38(32)23-34(29)39)24-16-18-36-30(20-24)28-13-7-9-15-35(28)40(36)26-10-4-3-5-11-26;1-25(2)21-10-8-7-9-17(21)18-14-20-19-13-16(28-30-26(3,4)27(5,6)31-28)11-12-23(19)29-24(20)15-22(18)25;19-13-10-11-18-16(12-13)15-8-4-5-9-17(15)20(18)14-6-2-1-3-7-14/h3-23H,1-2H3;7-15H,1-6H3;1-12H. The number of hydrogen-bond donors (Lipinski definition) is 0. The summed E-state index contributed by atoms with van der Waals surface area (Å²) in [6.07, 6.45) is 0. The van der Waals surface area contributed by atoms with E-state index in [1.54, 1.807) is 0 Å². The predicted octanol–water partition coefficient (Wildman–Crippen LogP) is 22.4. The smallest absolute Gasteiger partial charge is 0.456 e. The lowest BCUT2D eigenvalue weighted by molar-refractivity contribution is 0.00578. The lowest BCUT2D eigenvalue weighted by atomic mass is 9.78. The quantitative estimate of drug-likeness (QED) is 0.165. The molecule has 92 heavy (non-hydrogen) atoms. The van der Waals surface area contributed by atoms with Crippen LogP contribution in [0.2, 0.25) is 0 Å². The molecule has 1 fully saturated rings. The first-order valence-corrected chi connectivity index (χ1v) is 32.7. The Hall–Kier alpha value is -9.70. The second-order valence-corrected chi connectivity index (χ2v) is 28.1. The highest BCUT2D eigenvalue weighted by atomic mass is 79.9. The van der Waals surface area contributed by atoms with Crippen LogP contribution in [0.3, 0.4) is 0 Å². The first kappa shape index (κ1) is 56.3. The minimum Gasteiger partial charge on any atom is -0.456 e. The molecule has 1 saturated heterocycles. The molecule has 1 aliphatic heterocycles. The molecule has 12 aromatic carbocycles. The highest BCUT2D eigenvalue weighted by molar-refractivity contribution is 9.10. The van der Waals surface area contributed by atoms with Gasteiger partial charge in [-0.2, -0.15) is 0 Å². The van der Waals surface area contributed by atoms with Crippen LogP contribution in [0.5, 0.6) is 0 Å². The lowest BCUT2D eigenvalue weighted by Gasteiger charge is -2.32. The summed E-state index contributed by atoms with van der Waals surface area (Å²) in [5.41, 5.74) is 24.3. The van der Waals surface area contributed by atoms with Gasteiger partial charge < -0.3 is 27.3 Å². The number of rotatable bonds is 4. The van der Waals surface area contributed by atoms with Crippen LogP contribution >= 0.6 is 15.9 Å². The number of hydrogen-bond acceptors (Lipinski definition) is 4. The number of halogens is 1. The van der Waals surface area contributed by atoms with Gasteiger partial charge in [0.05, 0.1) is 33.3 Å². The van der Waals surface area contributed by atoms with Crippen LogP contribution in [-0.2, 0) is 20.1 Å². The summed E-state index contributed by atoms with van der Waals surface area (Å²) >= 11 is 3.57. The van der Waals surface area contributed by atoms with Gasteiger partial charge in [-0.1, -0.05) is 189 Å². The van der Waals surface area contributed by atoms with Crippen molar-refractivity contribution < 1.29 is 18.1 Å². The summed E-state index contributed by atoms with van der Waals surface area (Å²) in [5, 5.41) is 9.66. The Bertz CT molecular complexity index is 5670. The van der Waals surface area contributed by atoms with Crippen molar-refractivity contribution in [3.05, 3.63) is 282 Å². The third kappa shape index (κ3) is 8.67. The van der Waals surface area contributed by atoms with Gasteiger partial charge in [-0.05, 0) is 198 Å². The molecular weight excluding hydrogens is 1190 g/mol. The molecule has 5 heterocycles. The molecule has 0 N–H and O–H groups in total. The molecule has 0 spiro atoms. The molecule has 0 atom stereocenters. The fourth-order valence-electron chi connectivity index (χ4n) is 15.1. The van der Waals surface area contributed by atoms with Gasteiger partial charge in [0.25, 0.3) is 0 Å². The largest absolute Gasteiger partial charge is 0.494 e. The Morgan fingerprint density at radius 2 is 0.707 bits per heavy atom.